The minimum absolute atomic E-state index is 0.141. The Morgan fingerprint density at radius 3 is 2.69 bits per heavy atom. The Bertz CT molecular complexity index is 228. The Morgan fingerprint density at radius 2 is 2.19 bits per heavy atom. The zero-order valence-electron chi connectivity index (χ0n) is 10.5. The molecule has 16 heavy (non-hydrogen) atoms. The fraction of sp³-hybridized carbons (Fsp3) is 0.917. The Hall–Kier alpha value is -0.610. The van der Waals surface area contributed by atoms with Gasteiger partial charge in [0.2, 0.25) is 0 Å². The molecule has 1 aliphatic carbocycles. The minimum atomic E-state index is -0.546. The zero-order valence-corrected chi connectivity index (χ0v) is 10.5. The van der Waals surface area contributed by atoms with Crippen LogP contribution in [0.3, 0.4) is 0 Å². The molecular weight excluding hydrogens is 206 g/mol. The molecule has 0 bridgehead atoms. The summed E-state index contributed by atoms with van der Waals surface area (Å²) in [6.45, 7) is 5.49. The van der Waals surface area contributed by atoms with Gasteiger partial charge >= 0.3 is 5.97 Å². The number of methoxy groups -OCH3 is 1. The number of carbonyl (C=O) groups excluding carboxylic acids is 1. The Labute approximate surface area is 97.7 Å². The third-order valence-electron chi connectivity index (χ3n) is 2.94. The Kier molecular flexibility index (Phi) is 5.22. The van der Waals surface area contributed by atoms with Crippen LogP contribution in [0.25, 0.3) is 0 Å². The molecule has 4 nitrogen and oxygen atoms in total. The molecule has 94 valence electrons. The van der Waals surface area contributed by atoms with Crippen LogP contribution in [-0.4, -0.2) is 38.4 Å². The lowest BCUT2D eigenvalue weighted by molar-refractivity contribution is -0.151. The minimum Gasteiger partial charge on any atom is -0.465 e. The maximum Gasteiger partial charge on any atom is 0.326 e. The fourth-order valence-electron chi connectivity index (χ4n) is 1.85. The first-order valence-electron chi connectivity index (χ1n) is 6.03. The smallest absolute Gasteiger partial charge is 0.326 e. The summed E-state index contributed by atoms with van der Waals surface area (Å²) in [4.78, 5) is 11.9. The van der Waals surface area contributed by atoms with Gasteiger partial charge in [-0.25, -0.2) is 0 Å². The first kappa shape index (κ1) is 13.5. The molecule has 0 aromatic heterocycles. The first-order chi connectivity index (χ1) is 7.62. The average Bonchev–Trinajstić information content (AvgIpc) is 3.02. The van der Waals surface area contributed by atoms with Gasteiger partial charge in [0.05, 0.1) is 13.2 Å². The lowest BCUT2D eigenvalue weighted by Crippen LogP contribution is -2.51. The van der Waals surface area contributed by atoms with Gasteiger partial charge in [-0.05, 0) is 26.2 Å². The van der Waals surface area contributed by atoms with Crippen LogP contribution in [0.2, 0.25) is 0 Å². The lowest BCUT2D eigenvalue weighted by atomic mass is 9.95. The van der Waals surface area contributed by atoms with Crippen LogP contribution in [0, 0.1) is 5.92 Å². The standard InChI is InChI=1S/C12H23NO3/c1-4-16-11(14)12(2,9-10-5-6-10)13-7-8-15-3/h10,13H,4-9H2,1-3H3. The second-order valence-corrected chi connectivity index (χ2v) is 4.62. The number of rotatable bonds is 8. The van der Waals surface area contributed by atoms with Gasteiger partial charge in [-0.15, -0.1) is 0 Å². The summed E-state index contributed by atoms with van der Waals surface area (Å²) in [6.07, 6.45) is 3.34. The fourth-order valence-corrected chi connectivity index (χ4v) is 1.85. The van der Waals surface area contributed by atoms with Gasteiger partial charge in [0, 0.05) is 13.7 Å². The predicted octanol–water partition coefficient (Wildman–Crippen LogP) is 1.34. The number of carbonyl (C=O) groups is 1. The molecule has 0 aromatic carbocycles. The number of esters is 1. The van der Waals surface area contributed by atoms with E-state index in [1.54, 1.807) is 7.11 Å². The van der Waals surface area contributed by atoms with Crippen LogP contribution in [-0.2, 0) is 14.3 Å². The number of hydrogen-bond donors (Lipinski definition) is 1. The van der Waals surface area contributed by atoms with Crippen LogP contribution in [0.1, 0.15) is 33.1 Å². The summed E-state index contributed by atoms with van der Waals surface area (Å²) >= 11 is 0. The number of ether oxygens (including phenoxy) is 2. The van der Waals surface area contributed by atoms with E-state index in [1.165, 1.54) is 12.8 Å². The highest BCUT2D eigenvalue weighted by molar-refractivity contribution is 5.80. The summed E-state index contributed by atoms with van der Waals surface area (Å²) in [5.74, 6) is 0.544. The molecule has 1 aliphatic rings. The first-order valence-corrected chi connectivity index (χ1v) is 6.03. The van der Waals surface area contributed by atoms with Gasteiger partial charge in [-0.3, -0.25) is 10.1 Å². The quantitative estimate of drug-likeness (QED) is 0.504. The molecule has 0 heterocycles. The molecule has 0 radical (unpaired) electrons. The van der Waals surface area contributed by atoms with Crippen molar-refractivity contribution in [3.63, 3.8) is 0 Å². The van der Waals surface area contributed by atoms with E-state index in [1.807, 2.05) is 13.8 Å². The van der Waals surface area contributed by atoms with Crippen molar-refractivity contribution < 1.29 is 14.3 Å². The lowest BCUT2D eigenvalue weighted by Gasteiger charge is -2.28. The number of nitrogens with one attached hydrogen (secondary N) is 1. The molecule has 1 atom stereocenters. The van der Waals surface area contributed by atoms with Gasteiger partial charge in [0.1, 0.15) is 5.54 Å². The molecule has 0 spiro atoms. The maximum absolute atomic E-state index is 11.9. The third kappa shape index (κ3) is 4.10. The molecule has 1 saturated carbocycles. The van der Waals surface area contributed by atoms with Crippen molar-refractivity contribution in [2.75, 3.05) is 26.9 Å². The molecule has 0 aliphatic heterocycles. The van der Waals surface area contributed by atoms with Crippen LogP contribution in [0.4, 0.5) is 0 Å². The monoisotopic (exact) mass is 229 g/mol. The maximum atomic E-state index is 11.9. The summed E-state index contributed by atoms with van der Waals surface area (Å²) in [5.41, 5.74) is -0.546. The molecule has 1 fully saturated rings. The van der Waals surface area contributed by atoms with E-state index < -0.39 is 5.54 Å². The van der Waals surface area contributed by atoms with Gasteiger partial charge in [-0.1, -0.05) is 12.8 Å². The Balaban J connectivity index is 2.47. The van der Waals surface area contributed by atoms with Crippen molar-refractivity contribution in [1.82, 2.24) is 5.32 Å². The molecule has 0 aromatic rings. The van der Waals surface area contributed by atoms with Crippen molar-refractivity contribution in [2.24, 2.45) is 5.92 Å². The molecular formula is C12H23NO3. The van der Waals surface area contributed by atoms with Gasteiger partial charge in [-0.2, -0.15) is 0 Å². The molecule has 0 saturated heterocycles. The normalized spacial score (nSPS) is 19.2. The van der Waals surface area contributed by atoms with Gasteiger partial charge in [0.25, 0.3) is 0 Å². The van der Waals surface area contributed by atoms with Crippen molar-refractivity contribution in [2.45, 2.75) is 38.6 Å². The topological polar surface area (TPSA) is 47.6 Å². The van der Waals surface area contributed by atoms with Crippen molar-refractivity contribution in [1.29, 1.82) is 0 Å². The summed E-state index contributed by atoms with van der Waals surface area (Å²) in [6, 6.07) is 0. The SMILES string of the molecule is CCOC(=O)C(C)(CC1CC1)NCCOC. The molecule has 0 amide bonds. The molecule has 1 rings (SSSR count). The molecule has 1 N–H and O–H groups in total. The van der Waals surface area contributed by atoms with E-state index in [-0.39, 0.29) is 5.97 Å². The van der Waals surface area contributed by atoms with Crippen LogP contribution in [0.15, 0.2) is 0 Å². The van der Waals surface area contributed by atoms with Gasteiger partial charge < -0.3 is 9.47 Å². The summed E-state index contributed by atoms with van der Waals surface area (Å²) in [7, 11) is 1.66. The zero-order chi connectivity index (χ0) is 12.0. The van der Waals surface area contributed by atoms with E-state index in [0.717, 1.165) is 6.42 Å². The van der Waals surface area contributed by atoms with E-state index in [0.29, 0.717) is 25.7 Å². The molecule has 1 unspecified atom stereocenters. The summed E-state index contributed by atoms with van der Waals surface area (Å²) < 4.78 is 10.1. The van der Waals surface area contributed by atoms with E-state index >= 15 is 0 Å². The predicted molar refractivity (Wildman–Crippen MR) is 62.3 cm³/mol. The van der Waals surface area contributed by atoms with Crippen LogP contribution >= 0.6 is 0 Å². The van der Waals surface area contributed by atoms with Gasteiger partial charge in [0.15, 0.2) is 0 Å². The largest absolute Gasteiger partial charge is 0.465 e. The van der Waals surface area contributed by atoms with Crippen molar-refractivity contribution in [3.05, 3.63) is 0 Å². The van der Waals surface area contributed by atoms with Crippen molar-refractivity contribution in [3.8, 4) is 0 Å². The number of hydrogen-bond acceptors (Lipinski definition) is 4. The highest BCUT2D eigenvalue weighted by atomic mass is 16.5. The van der Waals surface area contributed by atoms with E-state index in [4.69, 9.17) is 9.47 Å². The van der Waals surface area contributed by atoms with Crippen LogP contribution < -0.4 is 5.32 Å². The second-order valence-electron chi connectivity index (χ2n) is 4.62. The average molecular weight is 229 g/mol. The van der Waals surface area contributed by atoms with E-state index in [2.05, 4.69) is 5.32 Å². The highest BCUT2D eigenvalue weighted by Gasteiger charge is 2.39. The molecule has 4 heteroatoms. The highest BCUT2D eigenvalue weighted by Crippen LogP contribution is 2.37. The van der Waals surface area contributed by atoms with Crippen LogP contribution in [0.5, 0.6) is 0 Å². The Morgan fingerprint density at radius 1 is 1.50 bits per heavy atom. The second kappa shape index (κ2) is 6.21. The third-order valence-corrected chi connectivity index (χ3v) is 2.94. The van der Waals surface area contributed by atoms with E-state index in [9.17, 15) is 4.79 Å². The summed E-state index contributed by atoms with van der Waals surface area (Å²) in [5, 5.41) is 3.25. The van der Waals surface area contributed by atoms with Crippen molar-refractivity contribution >= 4 is 5.97 Å².